The van der Waals surface area contributed by atoms with E-state index in [0.29, 0.717) is 35.0 Å². The Morgan fingerprint density at radius 3 is 2.94 bits per heavy atom. The molecule has 1 saturated heterocycles. The van der Waals surface area contributed by atoms with E-state index in [0.717, 1.165) is 11.3 Å². The normalized spacial score (nSPS) is 20.8. The first-order valence-electron chi connectivity index (χ1n) is 10.8. The summed E-state index contributed by atoms with van der Waals surface area (Å²) in [5.41, 5.74) is 2.03. The number of fused-ring (bicyclic) bond motifs is 1. The van der Waals surface area contributed by atoms with E-state index in [1.165, 1.54) is 16.2 Å². The lowest BCUT2D eigenvalue weighted by Crippen LogP contribution is -2.29. The first-order valence-corrected chi connectivity index (χ1v) is 11.7. The number of ketones is 1. The van der Waals surface area contributed by atoms with E-state index in [1.54, 1.807) is 54.1 Å². The summed E-state index contributed by atoms with van der Waals surface area (Å²) in [7, 11) is 0. The molecule has 7 nitrogen and oxygen atoms in total. The van der Waals surface area contributed by atoms with E-state index >= 15 is 0 Å². The molecule has 8 heteroatoms. The van der Waals surface area contributed by atoms with Crippen molar-refractivity contribution in [2.45, 2.75) is 25.5 Å². The van der Waals surface area contributed by atoms with Gasteiger partial charge >= 0.3 is 5.91 Å². The van der Waals surface area contributed by atoms with Gasteiger partial charge in [0, 0.05) is 23.6 Å². The molecule has 3 heterocycles. The van der Waals surface area contributed by atoms with E-state index < -0.39 is 17.7 Å². The van der Waals surface area contributed by atoms with Gasteiger partial charge in [0.25, 0.3) is 5.78 Å². The number of carbonyl (C=O) groups excluding carboxylic acids is 2. The van der Waals surface area contributed by atoms with Crippen LogP contribution >= 0.6 is 11.3 Å². The van der Waals surface area contributed by atoms with Crippen molar-refractivity contribution >= 4 is 33.9 Å². The number of hydrogen-bond donors (Lipinski definition) is 1. The number of thiazole rings is 1. The van der Waals surface area contributed by atoms with Crippen LogP contribution in [0.1, 0.15) is 29.7 Å². The Hall–Kier alpha value is -3.91. The van der Waals surface area contributed by atoms with Gasteiger partial charge in [-0.05, 0) is 48.4 Å². The summed E-state index contributed by atoms with van der Waals surface area (Å²) in [6.07, 6.45) is 3.95. The number of nitrogens with zero attached hydrogens (tertiary/aromatic N) is 2. The summed E-state index contributed by atoms with van der Waals surface area (Å²) >= 11 is 1.25. The lowest BCUT2D eigenvalue weighted by Gasteiger charge is -2.23. The Balaban J connectivity index is 1.66. The molecule has 1 N–H and O–H groups in total. The van der Waals surface area contributed by atoms with Gasteiger partial charge in [0.15, 0.2) is 5.13 Å². The number of rotatable bonds is 6. The molecule has 0 radical (unpaired) electrons. The van der Waals surface area contributed by atoms with Crippen LogP contribution in [0.3, 0.4) is 0 Å². The summed E-state index contributed by atoms with van der Waals surface area (Å²) in [4.78, 5) is 32.0. The zero-order valence-corrected chi connectivity index (χ0v) is 19.2. The molecule has 0 saturated carbocycles. The van der Waals surface area contributed by atoms with E-state index in [1.807, 2.05) is 13.0 Å². The molecule has 2 aliphatic rings. The maximum Gasteiger partial charge on any atom is 0.301 e. The molecule has 2 atom stereocenters. The number of benzene rings is 2. The molecule has 1 aromatic heterocycles. The molecular weight excluding hydrogens is 452 g/mol. The molecule has 1 amide bonds. The zero-order chi connectivity index (χ0) is 23.8. The maximum absolute atomic E-state index is 13.3. The largest absolute Gasteiger partial charge is 0.507 e. The predicted octanol–water partition coefficient (Wildman–Crippen LogP) is 4.66. The van der Waals surface area contributed by atoms with Crippen molar-refractivity contribution in [3.63, 3.8) is 0 Å². The number of anilines is 1. The van der Waals surface area contributed by atoms with Crippen molar-refractivity contribution in [3.05, 3.63) is 89.0 Å². The third-order valence-electron chi connectivity index (χ3n) is 5.78. The fourth-order valence-corrected chi connectivity index (χ4v) is 5.00. The fraction of sp³-hybridized carbons (Fsp3) is 0.192. The average molecular weight is 475 g/mol. The molecule has 3 aromatic rings. The summed E-state index contributed by atoms with van der Waals surface area (Å²) < 4.78 is 11.4. The Labute approximate surface area is 200 Å². The van der Waals surface area contributed by atoms with Gasteiger partial charge in [-0.1, -0.05) is 24.8 Å². The van der Waals surface area contributed by atoms with Crippen LogP contribution in [0.25, 0.3) is 5.76 Å². The summed E-state index contributed by atoms with van der Waals surface area (Å²) in [6.45, 7) is 5.94. The highest BCUT2D eigenvalue weighted by atomic mass is 32.1. The molecule has 5 rings (SSSR count). The van der Waals surface area contributed by atoms with Gasteiger partial charge in [-0.15, -0.1) is 11.3 Å². The molecule has 0 bridgehead atoms. The highest BCUT2D eigenvalue weighted by Gasteiger charge is 2.48. The lowest BCUT2D eigenvalue weighted by atomic mass is 9.94. The van der Waals surface area contributed by atoms with Crippen LogP contribution in [0, 0.1) is 0 Å². The first-order chi connectivity index (χ1) is 16.5. The second-order valence-corrected chi connectivity index (χ2v) is 8.98. The van der Waals surface area contributed by atoms with Crippen LogP contribution in [-0.2, 0) is 16.0 Å². The van der Waals surface area contributed by atoms with E-state index in [-0.39, 0.29) is 17.4 Å². The third kappa shape index (κ3) is 3.76. The number of carbonyl (C=O) groups is 2. The van der Waals surface area contributed by atoms with Crippen molar-refractivity contribution in [2.24, 2.45) is 0 Å². The molecule has 2 aromatic carbocycles. The molecule has 1 fully saturated rings. The molecule has 34 heavy (non-hydrogen) atoms. The fourth-order valence-electron chi connectivity index (χ4n) is 4.33. The number of hydrogen-bond acceptors (Lipinski definition) is 7. The standard InChI is InChI=1S/C26H22N2O5S/c1-3-10-32-19-6-4-5-16(14-19)22-21(24(30)25(31)28(22)26-27-9-11-34-26)23(29)17-7-8-20-18(13-17)12-15(2)33-20/h3-9,11,13-15,22,29H,1,10,12H2,2H3/b23-21+/t15-,22+/m1/s1. The van der Waals surface area contributed by atoms with E-state index in [9.17, 15) is 14.7 Å². The minimum atomic E-state index is -0.859. The number of aliphatic hydroxyl groups is 1. The molecule has 2 aliphatic heterocycles. The average Bonchev–Trinajstić information content (AvgIpc) is 3.55. The zero-order valence-electron chi connectivity index (χ0n) is 18.4. The van der Waals surface area contributed by atoms with Crippen LogP contribution in [0.2, 0.25) is 0 Å². The van der Waals surface area contributed by atoms with Gasteiger partial charge in [0.1, 0.15) is 30.0 Å². The molecular formula is C26H22N2O5S. The first kappa shape index (κ1) is 21.9. The van der Waals surface area contributed by atoms with Gasteiger partial charge < -0.3 is 14.6 Å². The molecule has 0 spiro atoms. The van der Waals surface area contributed by atoms with Crippen LogP contribution in [0.5, 0.6) is 11.5 Å². The van der Waals surface area contributed by atoms with Crippen molar-refractivity contribution in [3.8, 4) is 11.5 Å². The van der Waals surface area contributed by atoms with Gasteiger partial charge in [-0.25, -0.2) is 4.98 Å². The van der Waals surface area contributed by atoms with Crippen molar-refractivity contribution in [1.82, 2.24) is 4.98 Å². The second-order valence-electron chi connectivity index (χ2n) is 8.11. The van der Waals surface area contributed by atoms with E-state index in [2.05, 4.69) is 11.6 Å². The summed E-state index contributed by atoms with van der Waals surface area (Å²) in [5.74, 6) is -0.416. The summed E-state index contributed by atoms with van der Waals surface area (Å²) in [6, 6.07) is 11.5. The summed E-state index contributed by atoms with van der Waals surface area (Å²) in [5, 5.41) is 13.4. The number of amides is 1. The monoisotopic (exact) mass is 474 g/mol. The van der Waals surface area contributed by atoms with Crippen LogP contribution in [0.15, 0.2) is 72.3 Å². The number of Topliss-reactive ketones (excluding diaryl/α,β-unsaturated/α-hetero) is 1. The van der Waals surface area contributed by atoms with Crippen molar-refractivity contribution < 1.29 is 24.2 Å². The predicted molar refractivity (Wildman–Crippen MR) is 129 cm³/mol. The van der Waals surface area contributed by atoms with Crippen molar-refractivity contribution in [1.29, 1.82) is 0 Å². The van der Waals surface area contributed by atoms with Gasteiger partial charge in [0.2, 0.25) is 0 Å². The second kappa shape index (κ2) is 8.79. The minimum absolute atomic E-state index is 0.00739. The van der Waals surface area contributed by atoms with Crippen molar-refractivity contribution in [2.75, 3.05) is 11.5 Å². The molecule has 0 unspecified atom stereocenters. The third-order valence-corrected chi connectivity index (χ3v) is 6.55. The van der Waals surface area contributed by atoms with Crippen LogP contribution in [-0.4, -0.2) is 34.5 Å². The van der Waals surface area contributed by atoms with Crippen LogP contribution in [0.4, 0.5) is 5.13 Å². The lowest BCUT2D eigenvalue weighted by molar-refractivity contribution is -0.132. The van der Waals surface area contributed by atoms with Gasteiger partial charge in [-0.3, -0.25) is 14.5 Å². The molecule has 172 valence electrons. The van der Waals surface area contributed by atoms with Gasteiger partial charge in [-0.2, -0.15) is 0 Å². The van der Waals surface area contributed by atoms with Crippen LogP contribution < -0.4 is 14.4 Å². The topological polar surface area (TPSA) is 89.0 Å². The number of ether oxygens (including phenoxy) is 2. The Morgan fingerprint density at radius 2 is 2.18 bits per heavy atom. The van der Waals surface area contributed by atoms with E-state index in [4.69, 9.17) is 9.47 Å². The quantitative estimate of drug-likeness (QED) is 0.242. The number of aliphatic hydroxyl groups excluding tert-OH is 1. The molecule has 0 aliphatic carbocycles. The Bertz CT molecular complexity index is 1310. The Kier molecular flexibility index (Phi) is 5.67. The minimum Gasteiger partial charge on any atom is -0.507 e. The highest BCUT2D eigenvalue weighted by molar-refractivity contribution is 7.14. The van der Waals surface area contributed by atoms with Gasteiger partial charge in [0.05, 0.1) is 11.6 Å². The maximum atomic E-state index is 13.3. The number of aromatic nitrogens is 1. The Morgan fingerprint density at radius 1 is 1.32 bits per heavy atom. The SMILES string of the molecule is C=CCOc1cccc([C@H]2/C(=C(\O)c3ccc4c(c3)C[C@@H](C)O4)C(=O)C(=O)N2c2nccs2)c1. The smallest absolute Gasteiger partial charge is 0.301 e. The highest BCUT2D eigenvalue weighted by Crippen LogP contribution is 2.44.